The highest BCUT2D eigenvalue weighted by Gasteiger charge is 2.51. The van der Waals surface area contributed by atoms with Gasteiger partial charge in [-0.1, -0.05) is 231 Å². The van der Waals surface area contributed by atoms with Crippen LogP contribution in [0, 0.1) is 0 Å². The molecule has 2 saturated heterocycles. The zero-order chi connectivity index (χ0) is 60.2. The van der Waals surface area contributed by atoms with E-state index < -0.39 is 86.8 Å². The zero-order valence-corrected chi connectivity index (χ0v) is 50.9. The van der Waals surface area contributed by atoms with Crippen LogP contribution in [-0.4, -0.2) is 140 Å². The molecule has 83 heavy (non-hydrogen) atoms. The zero-order valence-electron chi connectivity index (χ0n) is 50.9. The number of rotatable bonds is 49. The molecule has 12 atom stereocenters. The van der Waals surface area contributed by atoms with Crippen molar-refractivity contribution in [3.63, 3.8) is 0 Å². The Bertz CT molecular complexity index is 1900. The molecule has 0 spiro atoms. The molecule has 2 heterocycles. The van der Waals surface area contributed by atoms with Gasteiger partial charge in [0.15, 0.2) is 12.6 Å². The molecule has 14 nitrogen and oxygen atoms in total. The first-order valence-corrected chi connectivity index (χ1v) is 31.9. The molecule has 0 aromatic rings. The van der Waals surface area contributed by atoms with E-state index in [2.05, 4.69) is 141 Å². The van der Waals surface area contributed by atoms with Crippen molar-refractivity contribution in [2.75, 3.05) is 19.8 Å². The number of hydrogen-bond donors (Lipinski definition) is 9. The van der Waals surface area contributed by atoms with Crippen molar-refractivity contribution in [3.8, 4) is 0 Å². The fourth-order valence-corrected chi connectivity index (χ4v) is 9.49. The summed E-state index contributed by atoms with van der Waals surface area (Å²) in [7, 11) is 0. The number of aliphatic hydroxyl groups excluding tert-OH is 8. The summed E-state index contributed by atoms with van der Waals surface area (Å²) < 4.78 is 22.7. The molecule has 9 N–H and O–H groups in total. The van der Waals surface area contributed by atoms with E-state index in [9.17, 15) is 45.6 Å². The molecular formula is C69H113NO13. The van der Waals surface area contributed by atoms with Crippen molar-refractivity contribution in [1.82, 2.24) is 5.32 Å². The minimum absolute atomic E-state index is 0.255. The molecular weight excluding hydrogens is 1050 g/mol. The van der Waals surface area contributed by atoms with E-state index in [1.165, 1.54) is 44.9 Å². The number of carbonyl (C=O) groups excluding carboxylic acids is 1. The second kappa shape index (κ2) is 52.5. The number of allylic oxidation sites excluding steroid dienone is 21. The first kappa shape index (κ1) is 75.2. The molecule has 2 aliphatic rings. The molecule has 1 amide bonds. The third-order valence-corrected chi connectivity index (χ3v) is 14.6. The van der Waals surface area contributed by atoms with Crippen LogP contribution < -0.4 is 5.32 Å². The molecule has 12 unspecified atom stereocenters. The van der Waals surface area contributed by atoms with Crippen LogP contribution >= 0.6 is 0 Å². The summed E-state index contributed by atoms with van der Waals surface area (Å²) in [5, 5.41) is 87.0. The summed E-state index contributed by atoms with van der Waals surface area (Å²) in [6.07, 6.45) is 60.7. The van der Waals surface area contributed by atoms with Crippen LogP contribution in [0.5, 0.6) is 0 Å². The SMILES string of the molecule is CC/C=C\C/C=C\C/C=C\C/C=C\C/C=C\C/C=C\C/C=C\C/C=C\C/C=C\C/C=C\CCCCCCCCC(=O)NC(COC1OC(CO)C(OC2OC(CO)C(O)C(O)C2O)C(O)C1O)C(O)/C=C/CCCCCCCCCCCC. The average molecular weight is 1160 g/mol. The summed E-state index contributed by atoms with van der Waals surface area (Å²) >= 11 is 0. The second-order valence-corrected chi connectivity index (χ2v) is 21.8. The maximum Gasteiger partial charge on any atom is 0.220 e. The third-order valence-electron chi connectivity index (χ3n) is 14.6. The number of carbonyl (C=O) groups is 1. The lowest BCUT2D eigenvalue weighted by molar-refractivity contribution is -0.359. The Balaban J connectivity index is 1.66. The van der Waals surface area contributed by atoms with Gasteiger partial charge in [0, 0.05) is 6.42 Å². The van der Waals surface area contributed by atoms with Crippen molar-refractivity contribution in [1.29, 1.82) is 0 Å². The quantitative estimate of drug-likeness (QED) is 0.0204. The highest BCUT2D eigenvalue weighted by molar-refractivity contribution is 5.76. The van der Waals surface area contributed by atoms with Crippen molar-refractivity contribution in [2.45, 2.75) is 274 Å². The van der Waals surface area contributed by atoms with E-state index in [0.717, 1.165) is 128 Å². The van der Waals surface area contributed by atoms with Crippen molar-refractivity contribution >= 4 is 5.91 Å². The van der Waals surface area contributed by atoms with Crippen LogP contribution in [0.1, 0.15) is 200 Å². The van der Waals surface area contributed by atoms with Gasteiger partial charge in [-0.3, -0.25) is 4.79 Å². The van der Waals surface area contributed by atoms with Gasteiger partial charge in [0.2, 0.25) is 5.91 Å². The van der Waals surface area contributed by atoms with E-state index in [0.29, 0.717) is 6.42 Å². The van der Waals surface area contributed by atoms with Crippen LogP contribution in [0.3, 0.4) is 0 Å². The van der Waals surface area contributed by atoms with Gasteiger partial charge in [-0.15, -0.1) is 0 Å². The van der Waals surface area contributed by atoms with E-state index in [-0.39, 0.29) is 18.9 Å². The Morgan fingerprint density at radius 2 is 0.831 bits per heavy atom. The number of hydrogen-bond acceptors (Lipinski definition) is 13. The molecule has 0 aromatic carbocycles. The number of amides is 1. The first-order valence-electron chi connectivity index (χ1n) is 31.9. The summed E-state index contributed by atoms with van der Waals surface area (Å²) in [4.78, 5) is 13.3. The van der Waals surface area contributed by atoms with Crippen molar-refractivity contribution < 1.29 is 64.6 Å². The lowest BCUT2D eigenvalue weighted by atomic mass is 9.97. The summed E-state index contributed by atoms with van der Waals surface area (Å²) in [5.74, 6) is -0.261. The molecule has 472 valence electrons. The Hall–Kier alpha value is -3.87. The van der Waals surface area contributed by atoms with Gasteiger partial charge in [0.1, 0.15) is 48.8 Å². The predicted molar refractivity (Wildman–Crippen MR) is 336 cm³/mol. The molecule has 0 aromatic heterocycles. The molecule has 0 radical (unpaired) electrons. The minimum Gasteiger partial charge on any atom is -0.394 e. The third kappa shape index (κ3) is 37.3. The Morgan fingerprint density at radius 1 is 0.446 bits per heavy atom. The summed E-state index contributed by atoms with van der Waals surface area (Å²) in [6.45, 7) is 2.64. The lowest BCUT2D eigenvalue weighted by Crippen LogP contribution is -2.65. The van der Waals surface area contributed by atoms with Crippen molar-refractivity contribution in [2.24, 2.45) is 0 Å². The standard InChI is InChI=1S/C69H113NO13/c1-3-5-7-9-11-13-15-17-18-19-20-21-22-23-24-25-26-27-28-29-30-31-32-33-34-35-36-37-38-39-40-41-43-45-47-49-51-53-61(74)70-57(58(73)52-50-48-46-44-42-16-14-12-10-8-6-4-2)56-80-68-66(79)64(77)67(60(55-72)82-68)83-69-65(78)63(76)62(75)59(54-71)81-69/h5,7,11,13,17-18,20-21,23-24,26-27,29-30,32-33,35-36,38-39,50,52,57-60,62-69,71-73,75-79H,3-4,6,8-10,12,14-16,19,22,25,28,31,34,37,40-49,51,53-56H2,1-2H3,(H,70,74)/b7-5-,13-11-,18-17-,21-20-,24-23-,27-26-,30-29-,33-32-,36-35-,39-38-,52-50+. The summed E-state index contributed by atoms with van der Waals surface area (Å²) in [5.41, 5.74) is 0. The van der Waals surface area contributed by atoms with E-state index in [1.54, 1.807) is 6.08 Å². The van der Waals surface area contributed by atoms with Gasteiger partial charge < -0.3 is 65.1 Å². The molecule has 2 aliphatic heterocycles. The van der Waals surface area contributed by atoms with Crippen LogP contribution in [0.15, 0.2) is 134 Å². The van der Waals surface area contributed by atoms with Crippen molar-refractivity contribution in [3.05, 3.63) is 134 Å². The average Bonchev–Trinajstić information content (AvgIpc) is 3.58. The first-order chi connectivity index (χ1) is 40.6. The van der Waals surface area contributed by atoms with E-state index in [1.807, 2.05) is 6.08 Å². The van der Waals surface area contributed by atoms with Gasteiger partial charge in [-0.25, -0.2) is 0 Å². The number of nitrogens with one attached hydrogen (secondary N) is 1. The van der Waals surface area contributed by atoms with E-state index >= 15 is 0 Å². The molecule has 2 fully saturated rings. The van der Waals surface area contributed by atoms with Gasteiger partial charge >= 0.3 is 0 Å². The number of ether oxygens (including phenoxy) is 4. The van der Waals surface area contributed by atoms with Crippen LogP contribution in [0.25, 0.3) is 0 Å². The van der Waals surface area contributed by atoms with E-state index in [4.69, 9.17) is 18.9 Å². The molecule has 14 heteroatoms. The normalized spacial score (nSPS) is 24.7. The van der Waals surface area contributed by atoms with Crippen LogP contribution in [0.2, 0.25) is 0 Å². The maximum absolute atomic E-state index is 13.3. The highest BCUT2D eigenvalue weighted by atomic mass is 16.7. The highest BCUT2D eigenvalue weighted by Crippen LogP contribution is 2.30. The van der Waals surface area contributed by atoms with Gasteiger partial charge in [-0.05, 0) is 96.3 Å². The summed E-state index contributed by atoms with van der Waals surface area (Å²) in [6, 6.07) is -0.931. The van der Waals surface area contributed by atoms with Gasteiger partial charge in [0.05, 0.1) is 32.0 Å². The minimum atomic E-state index is -1.80. The second-order valence-electron chi connectivity index (χ2n) is 21.8. The Labute approximate surface area is 500 Å². The van der Waals surface area contributed by atoms with Gasteiger partial charge in [0.25, 0.3) is 0 Å². The van der Waals surface area contributed by atoms with Crippen LogP contribution in [-0.2, 0) is 23.7 Å². The Morgan fingerprint density at radius 3 is 1.28 bits per heavy atom. The lowest BCUT2D eigenvalue weighted by Gasteiger charge is -2.46. The fourth-order valence-electron chi connectivity index (χ4n) is 9.49. The molecule has 0 aliphatic carbocycles. The van der Waals surface area contributed by atoms with Crippen LogP contribution in [0.4, 0.5) is 0 Å². The number of unbranched alkanes of at least 4 members (excludes halogenated alkanes) is 16. The smallest absolute Gasteiger partial charge is 0.220 e. The predicted octanol–water partition coefficient (Wildman–Crippen LogP) is 11.9. The molecule has 0 bridgehead atoms. The largest absolute Gasteiger partial charge is 0.394 e. The maximum atomic E-state index is 13.3. The topological polar surface area (TPSA) is 228 Å². The fraction of sp³-hybridized carbons (Fsp3) is 0.667. The monoisotopic (exact) mass is 1160 g/mol. The molecule has 2 rings (SSSR count). The molecule has 0 saturated carbocycles. The van der Waals surface area contributed by atoms with Gasteiger partial charge in [-0.2, -0.15) is 0 Å². The Kier molecular flexibility index (Phi) is 47.5. The number of aliphatic hydroxyl groups is 8.